The minimum atomic E-state index is 0.281. The number of rotatable bonds is 1. The zero-order valence-corrected chi connectivity index (χ0v) is 5.07. The maximum absolute atomic E-state index is 6.79. The summed E-state index contributed by atoms with van der Waals surface area (Å²) in [6.45, 7) is 2.01. The van der Waals surface area contributed by atoms with Gasteiger partial charge in [0.25, 0.3) is 0 Å². The van der Waals surface area contributed by atoms with Crippen molar-refractivity contribution in [2.75, 3.05) is 0 Å². The first-order chi connectivity index (χ1) is 3.84. The molecule has 0 fully saturated rings. The first kappa shape index (κ1) is 5.44. The first-order valence-corrected chi connectivity index (χ1v) is 2.96. The third kappa shape index (κ3) is 0.767. The Hall–Kier alpha value is -0.700. The molecule has 1 atom stereocenters. The van der Waals surface area contributed by atoms with E-state index >= 15 is 0 Å². The van der Waals surface area contributed by atoms with Crippen LogP contribution >= 0.6 is 0 Å². The van der Waals surface area contributed by atoms with Crippen molar-refractivity contribution in [2.45, 2.75) is 19.8 Å². The molecule has 0 aliphatic heterocycles. The molecule has 1 rings (SSSR count). The molecule has 0 aromatic carbocycles. The van der Waals surface area contributed by atoms with Crippen LogP contribution in [0.3, 0.4) is 0 Å². The summed E-state index contributed by atoms with van der Waals surface area (Å²) in [5, 5.41) is 0. The minimum Gasteiger partial charge on any atom is -0.0838 e. The van der Waals surface area contributed by atoms with Gasteiger partial charge in [-0.3, -0.25) is 0 Å². The molecule has 0 spiro atoms. The lowest BCUT2D eigenvalue weighted by Gasteiger charge is -2.16. The van der Waals surface area contributed by atoms with E-state index in [2.05, 4.69) is 12.0 Å². The van der Waals surface area contributed by atoms with Gasteiger partial charge in [-0.05, 0) is 26.2 Å². The van der Waals surface area contributed by atoms with E-state index in [1.807, 2.05) is 6.92 Å². The van der Waals surface area contributed by atoms with Crippen LogP contribution in [-0.2, 0) is 0 Å². The molecule has 1 radical (unpaired) electrons. The average Bonchev–Trinajstić information content (AvgIpc) is 1.62. The van der Waals surface area contributed by atoms with Gasteiger partial charge in [-0.2, -0.15) is 0 Å². The Kier molecular flexibility index (Phi) is 1.39. The van der Waals surface area contributed by atoms with Crippen molar-refractivity contribution in [1.82, 2.24) is 0 Å². The molecule has 0 saturated carbocycles. The summed E-state index contributed by atoms with van der Waals surface area (Å²) in [5.41, 5.74) is 1.39. The van der Waals surface area contributed by atoms with Crippen LogP contribution in [0.2, 0.25) is 0 Å². The third-order valence-electron chi connectivity index (χ3n) is 1.61. The fourth-order valence-corrected chi connectivity index (χ4v) is 0.797. The Morgan fingerprint density at radius 2 is 2.50 bits per heavy atom. The number of hydrogen-bond acceptors (Lipinski definition) is 0. The molecule has 0 amide bonds. The molecule has 1 unspecified atom stereocenters. The number of hydrogen-bond donors (Lipinski definition) is 0. The lowest BCUT2D eigenvalue weighted by Crippen LogP contribution is -2.02. The lowest BCUT2D eigenvalue weighted by atomic mass is 9.89. The van der Waals surface area contributed by atoms with Crippen LogP contribution in [0.25, 0.3) is 0 Å². The second-order valence-electron chi connectivity index (χ2n) is 2.18. The van der Waals surface area contributed by atoms with Crippen molar-refractivity contribution in [3.05, 3.63) is 18.1 Å². The molecular weight excluding hydrogens is 96.1 g/mol. The molecule has 0 heterocycles. The van der Waals surface area contributed by atoms with Crippen molar-refractivity contribution in [1.29, 1.82) is 0 Å². The zero-order chi connectivity index (χ0) is 5.98. The summed E-state index contributed by atoms with van der Waals surface area (Å²) in [5.74, 6) is 2.73. The van der Waals surface area contributed by atoms with Crippen LogP contribution in [0.1, 0.15) is 19.8 Å². The second kappa shape index (κ2) is 2.05. The lowest BCUT2D eigenvalue weighted by molar-refractivity contribution is 0.734. The highest BCUT2D eigenvalue weighted by Gasteiger charge is 2.10. The molecule has 41 valence electrons. The highest BCUT2D eigenvalue weighted by atomic mass is 14.1. The van der Waals surface area contributed by atoms with Crippen LogP contribution in [-0.4, -0.2) is 0 Å². The normalized spacial score (nSPS) is 20.2. The van der Waals surface area contributed by atoms with Gasteiger partial charge in [0.2, 0.25) is 0 Å². The van der Waals surface area contributed by atoms with Crippen LogP contribution in [0, 0.1) is 18.3 Å². The van der Waals surface area contributed by atoms with Gasteiger partial charge in [0, 0.05) is 5.92 Å². The molecule has 0 bridgehead atoms. The Bertz CT molecular complexity index is 146. The molecule has 1 aliphatic carbocycles. The van der Waals surface area contributed by atoms with Crippen molar-refractivity contribution in [3.8, 4) is 5.92 Å². The Morgan fingerprint density at radius 1 is 1.88 bits per heavy atom. The van der Waals surface area contributed by atoms with E-state index in [1.165, 1.54) is 18.4 Å². The van der Waals surface area contributed by atoms with Crippen LogP contribution in [0.5, 0.6) is 0 Å². The van der Waals surface area contributed by atoms with Crippen LogP contribution in [0.4, 0.5) is 0 Å². The van der Waals surface area contributed by atoms with E-state index in [9.17, 15) is 0 Å². The van der Waals surface area contributed by atoms with Gasteiger partial charge < -0.3 is 0 Å². The fraction of sp³-hybridized carbons (Fsp3) is 0.500. The van der Waals surface area contributed by atoms with Crippen LogP contribution < -0.4 is 0 Å². The summed E-state index contributed by atoms with van der Waals surface area (Å²) in [6.07, 6.45) is 11.4. The molecule has 0 heteroatoms. The highest BCUT2D eigenvalue weighted by molar-refractivity contribution is 5.20. The zero-order valence-electron chi connectivity index (χ0n) is 5.07. The third-order valence-corrected chi connectivity index (χ3v) is 1.61. The Labute approximate surface area is 50.6 Å². The molecular formula is C8H9. The predicted octanol–water partition coefficient (Wildman–Crippen LogP) is 1.93. The molecule has 0 aromatic heterocycles. The van der Waals surface area contributed by atoms with Crippen molar-refractivity contribution in [2.24, 2.45) is 5.92 Å². The average molecular weight is 105 g/mol. The summed E-state index contributed by atoms with van der Waals surface area (Å²) >= 11 is 0. The van der Waals surface area contributed by atoms with E-state index < -0.39 is 0 Å². The highest BCUT2D eigenvalue weighted by Crippen LogP contribution is 2.24. The van der Waals surface area contributed by atoms with Crippen molar-refractivity contribution < 1.29 is 0 Å². The van der Waals surface area contributed by atoms with Crippen LogP contribution in [0.15, 0.2) is 11.6 Å². The predicted molar refractivity (Wildman–Crippen MR) is 33.6 cm³/mol. The maximum Gasteiger partial charge on any atom is 0.0394 e. The van der Waals surface area contributed by atoms with Gasteiger partial charge >= 0.3 is 0 Å². The minimum absolute atomic E-state index is 0.281. The van der Waals surface area contributed by atoms with Gasteiger partial charge in [-0.15, -0.1) is 0 Å². The van der Waals surface area contributed by atoms with Crippen molar-refractivity contribution >= 4 is 0 Å². The number of allylic oxidation sites excluding steroid dienone is 2. The second-order valence-corrected chi connectivity index (χ2v) is 2.18. The first-order valence-electron chi connectivity index (χ1n) is 2.96. The van der Waals surface area contributed by atoms with E-state index in [0.29, 0.717) is 0 Å². The molecule has 1 aliphatic rings. The van der Waals surface area contributed by atoms with Gasteiger partial charge in [0.15, 0.2) is 0 Å². The van der Waals surface area contributed by atoms with E-state index in [-0.39, 0.29) is 5.92 Å². The standard InChI is InChI=1S/C8H9/c1-3-7(2)8-5-4-6-8/h5,7H,4,6H2,2H3. The summed E-state index contributed by atoms with van der Waals surface area (Å²) < 4.78 is 0. The fourth-order valence-electron chi connectivity index (χ4n) is 0.797. The van der Waals surface area contributed by atoms with Crippen molar-refractivity contribution in [3.63, 3.8) is 0 Å². The SMILES string of the molecule is [C]#CC(C)C1=CCC1. The smallest absolute Gasteiger partial charge is 0.0394 e. The summed E-state index contributed by atoms with van der Waals surface area (Å²) in [7, 11) is 0. The Morgan fingerprint density at radius 3 is 2.62 bits per heavy atom. The molecule has 0 saturated heterocycles. The summed E-state index contributed by atoms with van der Waals surface area (Å²) in [4.78, 5) is 0. The Balaban J connectivity index is 2.49. The molecule has 0 nitrogen and oxygen atoms in total. The summed E-state index contributed by atoms with van der Waals surface area (Å²) in [6, 6.07) is 0. The molecule has 8 heavy (non-hydrogen) atoms. The quantitative estimate of drug-likeness (QED) is 0.353. The molecule has 0 aromatic rings. The van der Waals surface area contributed by atoms with E-state index in [1.54, 1.807) is 0 Å². The van der Waals surface area contributed by atoms with Gasteiger partial charge in [0.1, 0.15) is 0 Å². The van der Waals surface area contributed by atoms with Gasteiger partial charge in [-0.1, -0.05) is 17.6 Å². The van der Waals surface area contributed by atoms with E-state index in [0.717, 1.165) is 0 Å². The maximum atomic E-state index is 6.79. The van der Waals surface area contributed by atoms with Gasteiger partial charge in [-0.25, -0.2) is 0 Å². The van der Waals surface area contributed by atoms with E-state index in [4.69, 9.17) is 6.42 Å². The largest absolute Gasteiger partial charge is 0.0838 e. The molecule has 0 N–H and O–H groups in total. The topological polar surface area (TPSA) is 0 Å². The monoisotopic (exact) mass is 105 g/mol. The van der Waals surface area contributed by atoms with Gasteiger partial charge in [0.05, 0.1) is 0 Å².